The van der Waals surface area contributed by atoms with Crippen molar-refractivity contribution in [2.75, 3.05) is 0 Å². The number of ether oxygens (including phenoxy) is 3. The molecule has 67 heavy (non-hydrogen) atoms. The minimum absolute atomic E-state index is 0.432. The van der Waals surface area contributed by atoms with E-state index in [2.05, 4.69) is 237 Å². The molecule has 0 aromatic heterocycles. The zero-order valence-corrected chi connectivity index (χ0v) is 37.6. The first-order valence-corrected chi connectivity index (χ1v) is 24.0. The fourth-order valence-corrected chi connectivity index (χ4v) is 11.7. The molecule has 0 N–H and O–H groups in total. The Morgan fingerprint density at radius 3 is 0.940 bits per heavy atom. The lowest BCUT2D eigenvalue weighted by Gasteiger charge is -2.14. The molecule has 3 nitrogen and oxygen atoms in total. The van der Waals surface area contributed by atoms with E-state index in [1.54, 1.807) is 0 Å². The van der Waals surface area contributed by atoms with Crippen molar-refractivity contribution in [2.45, 2.75) is 34.5 Å². The molecule has 320 valence electrons. The van der Waals surface area contributed by atoms with Gasteiger partial charge >= 0.3 is 0 Å². The predicted molar refractivity (Wildman–Crippen MR) is 279 cm³/mol. The summed E-state index contributed by atoms with van der Waals surface area (Å²) in [5, 5.41) is 14.8. The highest BCUT2D eigenvalue weighted by molar-refractivity contribution is 7.97. The molecule has 4 heteroatoms. The molecule has 12 aromatic carbocycles. The van der Waals surface area contributed by atoms with Gasteiger partial charge in [0, 0.05) is 5.56 Å². The third-order valence-corrected chi connectivity index (χ3v) is 15.2. The van der Waals surface area contributed by atoms with E-state index < -0.39 is 10.9 Å². The zero-order chi connectivity index (χ0) is 44.5. The Hall–Kier alpha value is -8.05. The van der Waals surface area contributed by atoms with Crippen LogP contribution in [0.25, 0.3) is 64.6 Å². The highest BCUT2D eigenvalue weighted by atomic mass is 32.2. The van der Waals surface area contributed by atoms with Gasteiger partial charge in [0.25, 0.3) is 0 Å². The Bertz CT molecular complexity index is 3530. The van der Waals surface area contributed by atoms with E-state index in [1.807, 2.05) is 0 Å². The number of benzene rings is 12. The van der Waals surface area contributed by atoms with Gasteiger partial charge in [-0.15, -0.1) is 0 Å². The summed E-state index contributed by atoms with van der Waals surface area (Å²) in [6.07, 6.45) is 0. The minimum atomic E-state index is -0.432. The third kappa shape index (κ3) is 7.96. The van der Waals surface area contributed by atoms with E-state index in [0.717, 1.165) is 17.2 Å². The Kier molecular flexibility index (Phi) is 10.7. The number of fused-ring (bicyclic) bond motifs is 8. The largest absolute Gasteiger partial charge is 0.489 e. The summed E-state index contributed by atoms with van der Waals surface area (Å²) in [6, 6.07) is 84.2. The van der Waals surface area contributed by atoms with Crippen LogP contribution in [0, 0.1) is 0 Å². The van der Waals surface area contributed by atoms with Crippen molar-refractivity contribution in [3.8, 4) is 17.2 Å². The zero-order valence-electron chi connectivity index (χ0n) is 36.8. The Morgan fingerprint density at radius 2 is 0.552 bits per heavy atom. The van der Waals surface area contributed by atoms with E-state index in [-0.39, 0.29) is 0 Å². The SMILES string of the molecule is c1ccc2c(COc3ccc([S+](c4ccc(OCc5cc6ccccc6c6ccccc56)cc4)c4ccc(OCc5cc6ccccc6c6ccccc56)cc4)cc3)c3ccccc3cc2c1. The molecule has 0 aliphatic rings. The van der Waals surface area contributed by atoms with Crippen LogP contribution in [0.3, 0.4) is 0 Å². The van der Waals surface area contributed by atoms with Crippen LogP contribution in [-0.2, 0) is 30.7 Å². The maximum absolute atomic E-state index is 6.58. The first-order valence-electron chi connectivity index (χ1n) is 22.8. The van der Waals surface area contributed by atoms with E-state index in [9.17, 15) is 0 Å². The molecule has 0 bridgehead atoms. The summed E-state index contributed by atoms with van der Waals surface area (Å²) >= 11 is 0. The summed E-state index contributed by atoms with van der Waals surface area (Å²) in [5.41, 5.74) is 3.54. The van der Waals surface area contributed by atoms with Gasteiger partial charge in [-0.05, 0) is 167 Å². The van der Waals surface area contributed by atoms with Crippen LogP contribution in [-0.4, -0.2) is 0 Å². The van der Waals surface area contributed by atoms with Crippen molar-refractivity contribution in [3.63, 3.8) is 0 Å². The van der Waals surface area contributed by atoms with Gasteiger partial charge in [-0.1, -0.05) is 146 Å². The molecule has 0 aliphatic carbocycles. The standard InChI is InChI=1S/C63H45O3S/c1-5-17-55-45(15-1)38-47(59-21-9-11-23-61(55)59)40-64-49-25-31-52(32-26-49)67(53-33-27-50(28-34-53)65-41-48-39-46-16-2-6-18-56(46)62-24-12-10-22-60(48)62)54-35-29-51(30-36-54)66-42-63-57-19-7-3-13-43(57)37-44-14-4-8-20-58(44)63/h1-39H,40-42H2/q+1. The van der Waals surface area contributed by atoms with Gasteiger partial charge in [0.15, 0.2) is 14.7 Å². The van der Waals surface area contributed by atoms with Crippen LogP contribution < -0.4 is 14.2 Å². The summed E-state index contributed by atoms with van der Waals surface area (Å²) < 4.78 is 19.6. The number of hydrogen-bond donors (Lipinski definition) is 0. The van der Waals surface area contributed by atoms with Crippen LogP contribution in [0.1, 0.15) is 16.7 Å². The third-order valence-electron chi connectivity index (χ3n) is 12.9. The maximum atomic E-state index is 6.58. The summed E-state index contributed by atoms with van der Waals surface area (Å²) in [6.45, 7) is 1.42. The lowest BCUT2D eigenvalue weighted by Crippen LogP contribution is -2.06. The first kappa shape index (κ1) is 40.5. The van der Waals surface area contributed by atoms with Gasteiger partial charge in [0.1, 0.15) is 37.1 Å². The molecule has 0 saturated carbocycles. The highest BCUT2D eigenvalue weighted by Gasteiger charge is 2.29. The molecule has 0 aliphatic heterocycles. The van der Waals surface area contributed by atoms with E-state index in [0.29, 0.717) is 19.8 Å². The van der Waals surface area contributed by atoms with Crippen molar-refractivity contribution in [3.05, 3.63) is 253 Å². The molecule has 0 amide bonds. The van der Waals surface area contributed by atoms with Gasteiger partial charge in [-0.3, -0.25) is 0 Å². The molecule has 0 spiro atoms. The highest BCUT2D eigenvalue weighted by Crippen LogP contribution is 2.37. The Morgan fingerprint density at radius 1 is 0.254 bits per heavy atom. The van der Waals surface area contributed by atoms with E-state index in [4.69, 9.17) is 14.2 Å². The normalized spacial score (nSPS) is 11.6. The fraction of sp³-hybridized carbons (Fsp3) is 0.0476. The smallest absolute Gasteiger partial charge is 0.166 e. The van der Waals surface area contributed by atoms with Crippen LogP contribution in [0.5, 0.6) is 17.2 Å². The summed E-state index contributed by atoms with van der Waals surface area (Å²) in [4.78, 5) is 3.57. The summed E-state index contributed by atoms with van der Waals surface area (Å²) in [7, 11) is -0.432. The van der Waals surface area contributed by atoms with E-state index >= 15 is 0 Å². The molecule has 0 radical (unpaired) electrons. The molecule has 0 saturated heterocycles. The molecule has 0 heterocycles. The number of rotatable bonds is 12. The van der Waals surface area contributed by atoms with Crippen LogP contribution in [0.2, 0.25) is 0 Å². The van der Waals surface area contributed by atoms with Crippen molar-refractivity contribution in [1.82, 2.24) is 0 Å². The Balaban J connectivity index is 0.830. The van der Waals surface area contributed by atoms with Crippen LogP contribution in [0.15, 0.2) is 251 Å². The lowest BCUT2D eigenvalue weighted by molar-refractivity contribution is 0.307. The average molecular weight is 882 g/mol. The predicted octanol–water partition coefficient (Wildman–Crippen LogP) is 16.4. The lowest BCUT2D eigenvalue weighted by atomic mass is 9.97. The molecular weight excluding hydrogens is 837 g/mol. The van der Waals surface area contributed by atoms with Gasteiger partial charge < -0.3 is 14.2 Å². The Labute approximate surface area is 392 Å². The van der Waals surface area contributed by atoms with Crippen LogP contribution in [0.4, 0.5) is 0 Å². The van der Waals surface area contributed by atoms with Crippen molar-refractivity contribution in [1.29, 1.82) is 0 Å². The molecule has 12 aromatic rings. The number of hydrogen-bond acceptors (Lipinski definition) is 3. The van der Waals surface area contributed by atoms with Crippen molar-refractivity contribution >= 4 is 75.5 Å². The average Bonchev–Trinajstić information content (AvgIpc) is 3.39. The molecule has 12 rings (SSSR count). The van der Waals surface area contributed by atoms with Gasteiger partial charge in [-0.25, -0.2) is 0 Å². The second-order valence-electron chi connectivity index (χ2n) is 17.0. The van der Waals surface area contributed by atoms with Crippen LogP contribution >= 0.6 is 0 Å². The first-order chi connectivity index (χ1) is 33.2. The van der Waals surface area contributed by atoms with Gasteiger partial charge in [0.05, 0.1) is 10.9 Å². The molecular formula is C63H45O3S+. The molecule has 0 unspecified atom stereocenters. The molecule has 0 atom stereocenters. The fourth-order valence-electron chi connectivity index (χ4n) is 9.67. The quantitative estimate of drug-likeness (QED) is 0.0695. The molecule has 0 fully saturated rings. The second-order valence-corrected chi connectivity index (χ2v) is 19.0. The second kappa shape index (κ2) is 17.7. The maximum Gasteiger partial charge on any atom is 0.166 e. The monoisotopic (exact) mass is 881 g/mol. The topological polar surface area (TPSA) is 27.7 Å². The van der Waals surface area contributed by atoms with Crippen molar-refractivity contribution in [2.24, 2.45) is 0 Å². The van der Waals surface area contributed by atoms with Crippen molar-refractivity contribution < 1.29 is 14.2 Å². The summed E-state index contributed by atoms with van der Waals surface area (Å²) in [5.74, 6) is 2.50. The minimum Gasteiger partial charge on any atom is -0.489 e. The van der Waals surface area contributed by atoms with E-state index in [1.165, 1.54) is 96.0 Å². The van der Waals surface area contributed by atoms with Gasteiger partial charge in [-0.2, -0.15) is 0 Å². The van der Waals surface area contributed by atoms with Gasteiger partial charge in [0.2, 0.25) is 0 Å².